The standard InChI is InChI=1S/C17H13F3O2/c18-17(19,20)16(13-9-5-2-6-10-13)14(11-15(21)22-16)12-7-3-1-4-8-12/h1-10,14H,11H2/t14-,16-/m1/s1. The maximum atomic E-state index is 13.9. The van der Waals surface area contributed by atoms with Crippen LogP contribution in [0, 0.1) is 0 Å². The summed E-state index contributed by atoms with van der Waals surface area (Å²) in [7, 11) is 0. The monoisotopic (exact) mass is 306 g/mol. The lowest BCUT2D eigenvalue weighted by Gasteiger charge is -2.35. The van der Waals surface area contributed by atoms with Gasteiger partial charge in [0.25, 0.3) is 0 Å². The summed E-state index contributed by atoms with van der Waals surface area (Å²) in [5.74, 6) is -1.93. The summed E-state index contributed by atoms with van der Waals surface area (Å²) in [5.41, 5.74) is -2.25. The molecule has 3 rings (SSSR count). The van der Waals surface area contributed by atoms with Crippen LogP contribution in [0.4, 0.5) is 13.2 Å². The van der Waals surface area contributed by atoms with Gasteiger partial charge in [0.2, 0.25) is 5.60 Å². The van der Waals surface area contributed by atoms with Crippen molar-refractivity contribution in [1.82, 2.24) is 0 Å². The highest BCUT2D eigenvalue weighted by molar-refractivity contribution is 5.75. The van der Waals surface area contributed by atoms with Gasteiger partial charge in [-0.25, -0.2) is 0 Å². The summed E-state index contributed by atoms with van der Waals surface area (Å²) in [5, 5.41) is 0. The zero-order valence-electron chi connectivity index (χ0n) is 11.5. The van der Waals surface area contributed by atoms with Crippen molar-refractivity contribution in [3.05, 3.63) is 71.8 Å². The molecule has 0 spiro atoms. The fourth-order valence-corrected chi connectivity index (χ4v) is 3.01. The van der Waals surface area contributed by atoms with E-state index in [-0.39, 0.29) is 12.0 Å². The number of cyclic esters (lactones) is 1. The molecule has 0 radical (unpaired) electrons. The Bertz CT molecular complexity index is 667. The molecule has 0 saturated carbocycles. The number of carbonyl (C=O) groups excluding carboxylic acids is 1. The molecule has 5 heteroatoms. The van der Waals surface area contributed by atoms with Crippen LogP contribution in [0.2, 0.25) is 0 Å². The molecule has 0 aliphatic carbocycles. The van der Waals surface area contributed by atoms with E-state index in [0.717, 1.165) is 0 Å². The van der Waals surface area contributed by atoms with Crippen molar-refractivity contribution < 1.29 is 22.7 Å². The molecule has 2 aromatic rings. The number of benzene rings is 2. The van der Waals surface area contributed by atoms with Crippen LogP contribution in [0.15, 0.2) is 60.7 Å². The first-order valence-electron chi connectivity index (χ1n) is 6.84. The fourth-order valence-electron chi connectivity index (χ4n) is 3.01. The average molecular weight is 306 g/mol. The maximum Gasteiger partial charge on any atom is 0.433 e. The lowest BCUT2D eigenvalue weighted by Crippen LogP contribution is -2.46. The number of halogens is 3. The number of carbonyl (C=O) groups is 1. The lowest BCUT2D eigenvalue weighted by atomic mass is 9.77. The van der Waals surface area contributed by atoms with Gasteiger partial charge in [0, 0.05) is 11.5 Å². The highest BCUT2D eigenvalue weighted by Gasteiger charge is 2.67. The second-order valence-corrected chi connectivity index (χ2v) is 5.24. The van der Waals surface area contributed by atoms with Crippen LogP contribution >= 0.6 is 0 Å². The Balaban J connectivity index is 2.21. The van der Waals surface area contributed by atoms with Gasteiger partial charge in [-0.15, -0.1) is 0 Å². The molecule has 1 fully saturated rings. The molecule has 0 unspecified atom stereocenters. The van der Waals surface area contributed by atoms with Gasteiger partial charge in [-0.3, -0.25) is 4.79 Å². The maximum absolute atomic E-state index is 13.9. The predicted octanol–water partition coefficient (Wildman–Crippen LogP) is 4.17. The average Bonchev–Trinajstić information content (AvgIpc) is 2.88. The molecule has 1 aliphatic rings. The Morgan fingerprint density at radius 1 is 0.955 bits per heavy atom. The van der Waals surface area contributed by atoms with Gasteiger partial charge in [0.05, 0.1) is 6.42 Å². The molecule has 1 saturated heterocycles. The SMILES string of the molecule is O=C1C[C@H](c2ccccc2)[C@](c2ccccc2)(C(F)(F)F)O1. The van der Waals surface area contributed by atoms with E-state index in [1.54, 1.807) is 36.4 Å². The van der Waals surface area contributed by atoms with Gasteiger partial charge in [-0.2, -0.15) is 13.2 Å². The topological polar surface area (TPSA) is 26.3 Å². The lowest BCUT2D eigenvalue weighted by molar-refractivity contribution is -0.269. The number of alkyl halides is 3. The van der Waals surface area contributed by atoms with Crippen LogP contribution in [-0.4, -0.2) is 12.1 Å². The summed E-state index contributed by atoms with van der Waals surface area (Å²) in [6.45, 7) is 0. The van der Waals surface area contributed by atoms with E-state index in [2.05, 4.69) is 0 Å². The van der Waals surface area contributed by atoms with Crippen molar-refractivity contribution in [2.24, 2.45) is 0 Å². The normalized spacial score (nSPS) is 25.0. The molecule has 1 aliphatic heterocycles. The summed E-state index contributed by atoms with van der Waals surface area (Å²) >= 11 is 0. The van der Waals surface area contributed by atoms with E-state index in [0.29, 0.717) is 5.56 Å². The Hall–Kier alpha value is -2.30. The van der Waals surface area contributed by atoms with Crippen molar-refractivity contribution in [1.29, 1.82) is 0 Å². The highest BCUT2D eigenvalue weighted by atomic mass is 19.4. The van der Waals surface area contributed by atoms with Crippen LogP contribution in [0.3, 0.4) is 0 Å². The molecular weight excluding hydrogens is 293 g/mol. The second kappa shape index (κ2) is 5.16. The zero-order valence-corrected chi connectivity index (χ0v) is 11.5. The van der Waals surface area contributed by atoms with Gasteiger partial charge in [-0.1, -0.05) is 60.7 Å². The molecule has 22 heavy (non-hydrogen) atoms. The van der Waals surface area contributed by atoms with E-state index >= 15 is 0 Å². The quantitative estimate of drug-likeness (QED) is 0.778. The summed E-state index contributed by atoms with van der Waals surface area (Å²) in [6, 6.07) is 15.6. The third-order valence-corrected chi connectivity index (χ3v) is 3.96. The van der Waals surface area contributed by atoms with Crippen LogP contribution in [-0.2, 0) is 15.1 Å². The van der Waals surface area contributed by atoms with Crippen LogP contribution in [0.1, 0.15) is 23.5 Å². The Morgan fingerprint density at radius 3 is 2.05 bits per heavy atom. The Morgan fingerprint density at radius 2 is 1.50 bits per heavy atom. The molecule has 114 valence electrons. The van der Waals surface area contributed by atoms with Crippen molar-refractivity contribution in [3.8, 4) is 0 Å². The Kier molecular flexibility index (Phi) is 3.43. The molecular formula is C17H13F3O2. The molecule has 0 aromatic heterocycles. The minimum Gasteiger partial charge on any atom is -0.444 e. The first-order valence-corrected chi connectivity index (χ1v) is 6.84. The number of ether oxygens (including phenoxy) is 1. The van der Waals surface area contributed by atoms with E-state index in [1.165, 1.54) is 24.3 Å². The van der Waals surface area contributed by atoms with Crippen LogP contribution in [0.5, 0.6) is 0 Å². The second-order valence-electron chi connectivity index (χ2n) is 5.24. The third-order valence-electron chi connectivity index (χ3n) is 3.96. The molecule has 0 N–H and O–H groups in total. The number of rotatable bonds is 2. The zero-order chi connectivity index (χ0) is 15.8. The molecule has 0 amide bonds. The van der Waals surface area contributed by atoms with Crippen molar-refractivity contribution in [2.45, 2.75) is 24.1 Å². The highest BCUT2D eigenvalue weighted by Crippen LogP contribution is 2.56. The number of hydrogen-bond acceptors (Lipinski definition) is 2. The smallest absolute Gasteiger partial charge is 0.433 e. The van der Waals surface area contributed by atoms with Gasteiger partial charge in [0.1, 0.15) is 0 Å². The van der Waals surface area contributed by atoms with Gasteiger partial charge >= 0.3 is 12.1 Å². The number of esters is 1. The van der Waals surface area contributed by atoms with Crippen molar-refractivity contribution in [3.63, 3.8) is 0 Å². The molecule has 2 atom stereocenters. The van der Waals surface area contributed by atoms with Crippen molar-refractivity contribution in [2.75, 3.05) is 0 Å². The summed E-state index contributed by atoms with van der Waals surface area (Å²) < 4.78 is 46.7. The fraction of sp³-hybridized carbons (Fsp3) is 0.235. The molecule has 2 aromatic carbocycles. The Labute approximate surface area is 125 Å². The molecule has 0 bridgehead atoms. The van der Waals surface area contributed by atoms with E-state index in [4.69, 9.17) is 4.74 Å². The minimum absolute atomic E-state index is 0.0535. The van der Waals surface area contributed by atoms with Gasteiger partial charge in [0.15, 0.2) is 0 Å². The first kappa shape index (κ1) is 14.6. The van der Waals surface area contributed by atoms with Gasteiger partial charge in [-0.05, 0) is 5.56 Å². The van der Waals surface area contributed by atoms with E-state index in [1.807, 2.05) is 0 Å². The first-order chi connectivity index (χ1) is 10.4. The summed E-state index contributed by atoms with van der Waals surface area (Å²) in [4.78, 5) is 11.7. The van der Waals surface area contributed by atoms with Crippen LogP contribution in [0.25, 0.3) is 0 Å². The van der Waals surface area contributed by atoms with Crippen molar-refractivity contribution >= 4 is 5.97 Å². The molecule has 1 heterocycles. The summed E-state index contributed by atoms with van der Waals surface area (Å²) in [6.07, 6.45) is -5.00. The predicted molar refractivity (Wildman–Crippen MR) is 74.1 cm³/mol. The van der Waals surface area contributed by atoms with Crippen LogP contribution < -0.4 is 0 Å². The van der Waals surface area contributed by atoms with Gasteiger partial charge < -0.3 is 4.74 Å². The minimum atomic E-state index is -4.71. The number of hydrogen-bond donors (Lipinski definition) is 0. The molecule has 2 nitrogen and oxygen atoms in total. The largest absolute Gasteiger partial charge is 0.444 e. The van der Waals surface area contributed by atoms with E-state index in [9.17, 15) is 18.0 Å². The van der Waals surface area contributed by atoms with E-state index < -0.39 is 23.7 Å². The third kappa shape index (κ3) is 2.17.